The molecular formula is C12H13N3O4. The second-order valence-electron chi connectivity index (χ2n) is 3.71. The number of nitrogens with one attached hydrogen (secondary N) is 1. The molecule has 0 saturated carbocycles. The summed E-state index contributed by atoms with van der Waals surface area (Å²) in [6.45, 7) is 1.75. The number of hydrogen-bond acceptors (Lipinski definition) is 5. The van der Waals surface area contributed by atoms with Gasteiger partial charge in [0.1, 0.15) is 6.04 Å². The van der Waals surface area contributed by atoms with Crippen LogP contribution in [0.1, 0.15) is 23.7 Å². The molecule has 0 saturated heterocycles. The third-order valence-corrected chi connectivity index (χ3v) is 2.51. The minimum Gasteiger partial charge on any atom is -0.490 e. The van der Waals surface area contributed by atoms with Crippen molar-refractivity contribution in [3.8, 4) is 11.8 Å². The van der Waals surface area contributed by atoms with Gasteiger partial charge in [-0.15, -0.1) is 0 Å². The summed E-state index contributed by atoms with van der Waals surface area (Å²) in [5, 5.41) is 22.1. The number of benzene rings is 1. The third-order valence-electron chi connectivity index (χ3n) is 2.51. The van der Waals surface area contributed by atoms with E-state index in [4.69, 9.17) is 10.00 Å². The molecule has 0 bridgehead atoms. The highest BCUT2D eigenvalue weighted by Gasteiger charge is 2.19. The first-order valence-electron chi connectivity index (χ1n) is 5.56. The molecule has 1 aromatic rings. The van der Waals surface area contributed by atoms with Gasteiger partial charge in [-0.1, -0.05) is 6.92 Å². The van der Waals surface area contributed by atoms with E-state index in [9.17, 15) is 14.9 Å². The molecule has 7 heteroatoms. The van der Waals surface area contributed by atoms with Crippen molar-refractivity contribution in [2.45, 2.75) is 19.4 Å². The monoisotopic (exact) mass is 263 g/mol. The lowest BCUT2D eigenvalue weighted by atomic mass is 10.1. The molecule has 1 N–H and O–H groups in total. The maximum absolute atomic E-state index is 11.8. The van der Waals surface area contributed by atoms with Crippen LogP contribution in [0.15, 0.2) is 18.2 Å². The molecular weight excluding hydrogens is 250 g/mol. The molecule has 0 radical (unpaired) electrons. The highest BCUT2D eigenvalue weighted by atomic mass is 16.6. The van der Waals surface area contributed by atoms with Crippen molar-refractivity contribution in [2.75, 3.05) is 7.11 Å². The van der Waals surface area contributed by atoms with Crippen LogP contribution in [0.4, 0.5) is 5.69 Å². The van der Waals surface area contributed by atoms with Crippen LogP contribution in [-0.4, -0.2) is 24.0 Å². The number of amides is 1. The Hall–Kier alpha value is -2.62. The van der Waals surface area contributed by atoms with E-state index < -0.39 is 16.9 Å². The van der Waals surface area contributed by atoms with E-state index in [0.29, 0.717) is 6.42 Å². The number of nitro benzene ring substituents is 1. The molecule has 0 aromatic heterocycles. The minimum atomic E-state index is -0.628. The number of rotatable bonds is 5. The Morgan fingerprint density at radius 2 is 2.32 bits per heavy atom. The van der Waals surface area contributed by atoms with Gasteiger partial charge < -0.3 is 10.1 Å². The average Bonchev–Trinajstić information content (AvgIpc) is 2.43. The fraction of sp³-hybridized carbons (Fsp3) is 0.333. The number of carbonyl (C=O) groups excluding carboxylic acids is 1. The highest BCUT2D eigenvalue weighted by Crippen LogP contribution is 2.27. The predicted molar refractivity (Wildman–Crippen MR) is 66.8 cm³/mol. The van der Waals surface area contributed by atoms with Crippen molar-refractivity contribution in [1.29, 1.82) is 5.26 Å². The van der Waals surface area contributed by atoms with Gasteiger partial charge in [0, 0.05) is 11.6 Å². The van der Waals surface area contributed by atoms with E-state index in [1.807, 2.05) is 6.07 Å². The van der Waals surface area contributed by atoms with Crippen molar-refractivity contribution in [3.05, 3.63) is 33.9 Å². The van der Waals surface area contributed by atoms with Crippen LogP contribution < -0.4 is 10.1 Å². The summed E-state index contributed by atoms with van der Waals surface area (Å²) in [4.78, 5) is 22.0. The molecule has 0 aliphatic rings. The van der Waals surface area contributed by atoms with Crippen LogP contribution in [0, 0.1) is 21.4 Å². The maximum atomic E-state index is 11.8. The van der Waals surface area contributed by atoms with E-state index in [-0.39, 0.29) is 17.0 Å². The van der Waals surface area contributed by atoms with Crippen molar-refractivity contribution >= 4 is 11.6 Å². The van der Waals surface area contributed by atoms with Gasteiger partial charge in [-0.3, -0.25) is 14.9 Å². The molecule has 1 aromatic carbocycles. The van der Waals surface area contributed by atoms with Crippen molar-refractivity contribution < 1.29 is 14.5 Å². The number of hydrogen-bond donors (Lipinski definition) is 1. The number of carbonyl (C=O) groups is 1. The zero-order valence-corrected chi connectivity index (χ0v) is 10.5. The molecule has 0 heterocycles. The normalized spacial score (nSPS) is 11.2. The first-order chi connectivity index (χ1) is 9.03. The summed E-state index contributed by atoms with van der Waals surface area (Å²) in [6.07, 6.45) is 0.459. The lowest BCUT2D eigenvalue weighted by Gasteiger charge is -2.09. The first kappa shape index (κ1) is 14.4. The molecule has 0 spiro atoms. The molecule has 7 nitrogen and oxygen atoms in total. The molecule has 1 rings (SSSR count). The molecule has 0 aliphatic heterocycles. The Bertz CT molecular complexity index is 536. The molecule has 19 heavy (non-hydrogen) atoms. The summed E-state index contributed by atoms with van der Waals surface area (Å²) in [7, 11) is 1.31. The number of nitro groups is 1. The van der Waals surface area contributed by atoms with E-state index >= 15 is 0 Å². The van der Waals surface area contributed by atoms with Gasteiger partial charge in [0.2, 0.25) is 0 Å². The number of methoxy groups -OCH3 is 1. The van der Waals surface area contributed by atoms with Crippen molar-refractivity contribution in [1.82, 2.24) is 5.32 Å². The van der Waals surface area contributed by atoms with Crippen LogP contribution in [0.2, 0.25) is 0 Å². The van der Waals surface area contributed by atoms with Gasteiger partial charge in [-0.05, 0) is 18.6 Å². The fourth-order valence-electron chi connectivity index (χ4n) is 1.44. The quantitative estimate of drug-likeness (QED) is 0.642. The van der Waals surface area contributed by atoms with Gasteiger partial charge in [-0.2, -0.15) is 5.26 Å². The van der Waals surface area contributed by atoms with Crippen LogP contribution >= 0.6 is 0 Å². The van der Waals surface area contributed by atoms with Crippen LogP contribution in [-0.2, 0) is 0 Å². The Labute approximate surface area is 109 Å². The summed E-state index contributed by atoms with van der Waals surface area (Å²) in [5.74, 6) is -0.451. The lowest BCUT2D eigenvalue weighted by molar-refractivity contribution is -0.385. The number of nitrogens with zero attached hydrogens (tertiary/aromatic N) is 2. The second kappa shape index (κ2) is 6.35. The molecule has 0 aliphatic carbocycles. The van der Waals surface area contributed by atoms with E-state index in [1.54, 1.807) is 6.92 Å². The van der Waals surface area contributed by atoms with Crippen LogP contribution in [0.25, 0.3) is 0 Å². The average molecular weight is 263 g/mol. The largest absolute Gasteiger partial charge is 0.490 e. The van der Waals surface area contributed by atoms with Crippen LogP contribution in [0.5, 0.6) is 5.75 Å². The first-order valence-corrected chi connectivity index (χ1v) is 5.56. The predicted octanol–water partition coefficient (Wildman–Crippen LogP) is 1.64. The number of ether oxygens (including phenoxy) is 1. The van der Waals surface area contributed by atoms with Gasteiger partial charge in [0.25, 0.3) is 5.91 Å². The van der Waals surface area contributed by atoms with Gasteiger partial charge in [-0.25, -0.2) is 0 Å². The van der Waals surface area contributed by atoms with Crippen molar-refractivity contribution in [2.24, 2.45) is 0 Å². The Morgan fingerprint density at radius 1 is 1.63 bits per heavy atom. The zero-order valence-electron chi connectivity index (χ0n) is 10.5. The van der Waals surface area contributed by atoms with E-state index in [1.165, 1.54) is 19.2 Å². The Kier molecular flexibility index (Phi) is 4.83. The van der Waals surface area contributed by atoms with Crippen LogP contribution in [0.3, 0.4) is 0 Å². The third kappa shape index (κ3) is 3.42. The SMILES string of the molecule is CCC(C#N)NC(=O)c1ccc(OC)c([N+](=O)[O-])c1. The standard InChI is InChI=1S/C12H13N3O4/c1-3-9(7-13)14-12(16)8-4-5-11(19-2)10(6-8)15(17)18/h4-6,9H,3H2,1-2H3,(H,14,16). The minimum absolute atomic E-state index is 0.0777. The molecule has 1 atom stereocenters. The Balaban J connectivity index is 3.02. The van der Waals surface area contributed by atoms with E-state index in [0.717, 1.165) is 6.07 Å². The summed E-state index contributed by atoms with van der Waals surface area (Å²) in [6, 6.07) is 5.18. The highest BCUT2D eigenvalue weighted by molar-refractivity contribution is 5.95. The molecule has 0 fully saturated rings. The summed E-state index contributed by atoms with van der Waals surface area (Å²) >= 11 is 0. The van der Waals surface area contributed by atoms with Gasteiger partial charge in [0.15, 0.2) is 5.75 Å². The Morgan fingerprint density at radius 3 is 2.79 bits per heavy atom. The maximum Gasteiger partial charge on any atom is 0.311 e. The lowest BCUT2D eigenvalue weighted by Crippen LogP contribution is -2.33. The summed E-state index contributed by atoms with van der Waals surface area (Å²) in [5.41, 5.74) is -0.179. The molecule has 1 unspecified atom stereocenters. The summed E-state index contributed by atoms with van der Waals surface area (Å²) < 4.78 is 4.84. The second-order valence-corrected chi connectivity index (χ2v) is 3.71. The van der Waals surface area contributed by atoms with Crippen molar-refractivity contribution in [3.63, 3.8) is 0 Å². The number of nitriles is 1. The fourth-order valence-corrected chi connectivity index (χ4v) is 1.44. The topological polar surface area (TPSA) is 105 Å². The molecule has 100 valence electrons. The smallest absolute Gasteiger partial charge is 0.311 e. The van der Waals surface area contributed by atoms with Gasteiger partial charge >= 0.3 is 5.69 Å². The van der Waals surface area contributed by atoms with E-state index in [2.05, 4.69) is 5.32 Å². The zero-order chi connectivity index (χ0) is 14.4. The van der Waals surface area contributed by atoms with Gasteiger partial charge in [0.05, 0.1) is 18.1 Å². The molecule has 1 amide bonds.